The van der Waals surface area contributed by atoms with E-state index in [9.17, 15) is 4.79 Å². The summed E-state index contributed by atoms with van der Waals surface area (Å²) in [4.78, 5) is 13.0. The van der Waals surface area contributed by atoms with Crippen LogP contribution in [0.3, 0.4) is 0 Å². The van der Waals surface area contributed by atoms with Crippen LogP contribution in [0.2, 0.25) is 0 Å². The molecule has 66 valence electrons. The average molecular weight is 209 g/mol. The molecule has 1 heterocycles. The normalized spacial score (nSPS) is 18.2. The first-order chi connectivity index (χ1) is 6.31. The summed E-state index contributed by atoms with van der Waals surface area (Å²) >= 11 is 5.41. The van der Waals surface area contributed by atoms with Crippen LogP contribution in [-0.2, 0) is 4.79 Å². The maximum Gasteiger partial charge on any atom is 0.262 e. The number of thioether (sulfide) groups is 1. The summed E-state index contributed by atoms with van der Waals surface area (Å²) in [7, 11) is 0. The molecule has 2 nitrogen and oxygen atoms in total. The van der Waals surface area contributed by atoms with Gasteiger partial charge in [0.05, 0.1) is 10.6 Å². The smallest absolute Gasteiger partial charge is 0.262 e. The molecule has 0 fully saturated rings. The molecule has 0 unspecified atom stereocenters. The Labute approximate surface area is 85.8 Å². The highest BCUT2D eigenvalue weighted by molar-refractivity contribution is 8.05. The summed E-state index contributed by atoms with van der Waals surface area (Å²) in [6.07, 6.45) is 0. The fourth-order valence-corrected chi connectivity index (χ4v) is 2.18. The van der Waals surface area contributed by atoms with Gasteiger partial charge < -0.3 is 5.32 Å². The van der Waals surface area contributed by atoms with Crippen LogP contribution in [0.25, 0.3) is 0 Å². The lowest BCUT2D eigenvalue weighted by atomic mass is 10.3. The van der Waals surface area contributed by atoms with E-state index in [0.717, 1.165) is 10.6 Å². The molecule has 0 saturated carbocycles. The van der Waals surface area contributed by atoms with Crippen molar-refractivity contribution < 1.29 is 4.79 Å². The van der Waals surface area contributed by atoms with Crippen molar-refractivity contribution in [1.29, 1.82) is 0 Å². The minimum Gasteiger partial charge on any atom is -0.320 e. The Morgan fingerprint density at radius 2 is 2.15 bits per heavy atom. The molecular formula is C9H7NOS2. The number of anilines is 1. The Kier molecular flexibility index (Phi) is 2.33. The van der Waals surface area contributed by atoms with E-state index in [-0.39, 0.29) is 5.91 Å². The van der Waals surface area contributed by atoms with E-state index in [0.29, 0.717) is 4.91 Å². The molecule has 4 heteroatoms. The predicted molar refractivity (Wildman–Crippen MR) is 58.0 cm³/mol. The second-order valence-electron chi connectivity index (χ2n) is 2.55. The van der Waals surface area contributed by atoms with Gasteiger partial charge in [-0.15, -0.1) is 0 Å². The SMILES string of the molecule is O=C1Nc2ccccc2S/C1=C\S. The third-order valence-electron chi connectivity index (χ3n) is 1.70. The number of hydrogen-bond acceptors (Lipinski definition) is 3. The van der Waals surface area contributed by atoms with Crippen LogP contribution in [0.4, 0.5) is 5.69 Å². The van der Waals surface area contributed by atoms with Crippen molar-refractivity contribution in [1.82, 2.24) is 0 Å². The van der Waals surface area contributed by atoms with Gasteiger partial charge in [-0.25, -0.2) is 0 Å². The van der Waals surface area contributed by atoms with Crippen molar-refractivity contribution >= 4 is 36.0 Å². The van der Waals surface area contributed by atoms with Gasteiger partial charge in [-0.3, -0.25) is 4.79 Å². The number of rotatable bonds is 0. The number of amides is 1. The Balaban J connectivity index is 2.44. The van der Waals surface area contributed by atoms with E-state index in [1.807, 2.05) is 24.3 Å². The van der Waals surface area contributed by atoms with Gasteiger partial charge in [0.25, 0.3) is 5.91 Å². The highest BCUT2D eigenvalue weighted by atomic mass is 32.2. The molecule has 1 aromatic carbocycles. The van der Waals surface area contributed by atoms with E-state index < -0.39 is 0 Å². The lowest BCUT2D eigenvalue weighted by Crippen LogP contribution is -2.16. The Morgan fingerprint density at radius 3 is 2.92 bits per heavy atom. The number of carbonyl (C=O) groups excluding carboxylic acids is 1. The number of carbonyl (C=O) groups is 1. The number of fused-ring (bicyclic) bond motifs is 1. The molecule has 0 saturated heterocycles. The zero-order valence-electron chi connectivity index (χ0n) is 6.65. The largest absolute Gasteiger partial charge is 0.320 e. The fourth-order valence-electron chi connectivity index (χ4n) is 1.09. The van der Waals surface area contributed by atoms with Crippen LogP contribution in [-0.4, -0.2) is 5.91 Å². The van der Waals surface area contributed by atoms with Gasteiger partial charge in [0.2, 0.25) is 0 Å². The van der Waals surface area contributed by atoms with E-state index in [1.54, 1.807) is 0 Å². The highest BCUT2D eigenvalue weighted by Gasteiger charge is 2.19. The zero-order valence-corrected chi connectivity index (χ0v) is 8.36. The van der Waals surface area contributed by atoms with Crippen LogP contribution in [0.15, 0.2) is 39.5 Å². The lowest BCUT2D eigenvalue weighted by molar-refractivity contribution is -0.112. The third-order valence-corrected chi connectivity index (χ3v) is 3.23. The number of nitrogens with one attached hydrogen (secondary N) is 1. The molecule has 0 aromatic heterocycles. The van der Waals surface area contributed by atoms with Crippen molar-refractivity contribution in [2.75, 3.05) is 5.32 Å². The topological polar surface area (TPSA) is 29.1 Å². The number of hydrogen-bond donors (Lipinski definition) is 2. The first-order valence-corrected chi connectivity index (χ1v) is 5.07. The number of para-hydroxylation sites is 1. The number of thiol groups is 1. The molecule has 0 bridgehead atoms. The number of benzene rings is 1. The summed E-state index contributed by atoms with van der Waals surface area (Å²) in [5.74, 6) is -0.0845. The summed E-state index contributed by atoms with van der Waals surface area (Å²) < 4.78 is 0. The van der Waals surface area contributed by atoms with E-state index in [2.05, 4.69) is 17.9 Å². The molecule has 0 spiro atoms. The Hall–Kier alpha value is -0.870. The lowest BCUT2D eigenvalue weighted by Gasteiger charge is -2.17. The van der Waals surface area contributed by atoms with Crippen LogP contribution in [0.5, 0.6) is 0 Å². The van der Waals surface area contributed by atoms with Gasteiger partial charge in [-0.2, -0.15) is 12.6 Å². The van der Waals surface area contributed by atoms with Gasteiger partial charge >= 0.3 is 0 Å². The van der Waals surface area contributed by atoms with Crippen LogP contribution >= 0.6 is 24.4 Å². The monoisotopic (exact) mass is 209 g/mol. The molecule has 0 atom stereocenters. The van der Waals surface area contributed by atoms with E-state index in [4.69, 9.17) is 0 Å². The maximum atomic E-state index is 11.3. The third kappa shape index (κ3) is 1.59. The first kappa shape index (κ1) is 8.72. The average Bonchev–Trinajstić information content (AvgIpc) is 2.17. The molecule has 1 aromatic rings. The van der Waals surface area contributed by atoms with Crippen LogP contribution in [0, 0.1) is 0 Å². The second kappa shape index (κ2) is 3.47. The van der Waals surface area contributed by atoms with Gasteiger partial charge in [-0.05, 0) is 17.5 Å². The second-order valence-corrected chi connectivity index (χ2v) is 3.89. The Morgan fingerprint density at radius 1 is 1.38 bits per heavy atom. The Bertz CT molecular complexity index is 387. The molecule has 0 radical (unpaired) electrons. The predicted octanol–water partition coefficient (Wildman–Crippen LogP) is 2.50. The fraction of sp³-hybridized carbons (Fsp3) is 0. The molecule has 2 rings (SSSR count). The summed E-state index contributed by atoms with van der Waals surface area (Å²) in [6.45, 7) is 0. The van der Waals surface area contributed by atoms with Crippen molar-refractivity contribution in [3.63, 3.8) is 0 Å². The minimum atomic E-state index is -0.0845. The van der Waals surface area contributed by atoms with Crippen LogP contribution in [0.1, 0.15) is 0 Å². The van der Waals surface area contributed by atoms with E-state index >= 15 is 0 Å². The van der Waals surface area contributed by atoms with Crippen molar-refractivity contribution in [3.05, 3.63) is 34.6 Å². The molecule has 13 heavy (non-hydrogen) atoms. The quantitative estimate of drug-likeness (QED) is 0.508. The highest BCUT2D eigenvalue weighted by Crippen LogP contribution is 2.37. The molecule has 1 aliphatic heterocycles. The van der Waals surface area contributed by atoms with Gasteiger partial charge in [0.15, 0.2) is 0 Å². The summed E-state index contributed by atoms with van der Waals surface area (Å²) in [6, 6.07) is 7.70. The molecule has 1 aliphatic rings. The first-order valence-electron chi connectivity index (χ1n) is 3.74. The van der Waals surface area contributed by atoms with Gasteiger partial charge in [0, 0.05) is 4.90 Å². The molecule has 0 aliphatic carbocycles. The van der Waals surface area contributed by atoms with Crippen molar-refractivity contribution in [2.45, 2.75) is 4.90 Å². The molecule has 1 amide bonds. The summed E-state index contributed by atoms with van der Waals surface area (Å²) in [5.41, 5.74) is 0.872. The van der Waals surface area contributed by atoms with Gasteiger partial charge in [-0.1, -0.05) is 23.9 Å². The summed E-state index contributed by atoms with van der Waals surface area (Å²) in [5, 5.41) is 4.31. The van der Waals surface area contributed by atoms with Crippen molar-refractivity contribution in [3.8, 4) is 0 Å². The minimum absolute atomic E-state index is 0.0845. The standard InChI is InChI=1S/C9H7NOS2/c11-9-8(5-12)13-7-4-2-1-3-6(7)10-9/h1-5,12H,(H,10,11)/b8-5-. The molecule has 1 N–H and O–H groups in total. The van der Waals surface area contributed by atoms with E-state index in [1.165, 1.54) is 17.2 Å². The van der Waals surface area contributed by atoms with Crippen molar-refractivity contribution in [2.24, 2.45) is 0 Å². The maximum absolute atomic E-state index is 11.3. The molecular weight excluding hydrogens is 202 g/mol. The van der Waals surface area contributed by atoms with Crippen LogP contribution < -0.4 is 5.32 Å². The van der Waals surface area contributed by atoms with Gasteiger partial charge in [0.1, 0.15) is 0 Å². The zero-order chi connectivity index (χ0) is 9.26.